The fraction of sp³-hybridized carbons (Fsp3) is 0.0769. The number of anilines is 1. The molecule has 0 fully saturated rings. The minimum atomic E-state index is -0.204. The normalized spacial score (nSPS) is 10.1. The van der Waals surface area contributed by atoms with Gasteiger partial charge in [0.2, 0.25) is 5.78 Å². The zero-order valence-corrected chi connectivity index (χ0v) is 10.4. The molecule has 0 unspecified atom stereocenters. The van der Waals surface area contributed by atoms with Crippen molar-refractivity contribution < 1.29 is 9.53 Å². The number of pyridine rings is 1. The fourth-order valence-corrected chi connectivity index (χ4v) is 1.68. The number of carbonyl (C=O) groups is 1. The molecule has 92 valence electrons. The average Bonchev–Trinajstić information content (AvgIpc) is 2.39. The standard InChI is InChI=1S/C13H11ClN2O2/c1-18-12-6-8(2-4-10(12)14)13(17)11-5-3-9(15)7-16-11/h2-7H,15H2,1H3. The number of halogens is 1. The van der Waals surface area contributed by atoms with E-state index in [1.54, 1.807) is 30.3 Å². The molecule has 1 aromatic carbocycles. The number of aromatic nitrogens is 1. The maximum absolute atomic E-state index is 12.1. The highest BCUT2D eigenvalue weighted by Crippen LogP contribution is 2.25. The van der Waals surface area contributed by atoms with Crippen LogP contribution in [0.15, 0.2) is 36.5 Å². The lowest BCUT2D eigenvalue weighted by Gasteiger charge is -2.05. The highest BCUT2D eigenvalue weighted by atomic mass is 35.5. The zero-order chi connectivity index (χ0) is 13.1. The first-order chi connectivity index (χ1) is 8.61. The molecule has 0 aliphatic rings. The van der Waals surface area contributed by atoms with Gasteiger partial charge in [-0.05, 0) is 30.3 Å². The van der Waals surface area contributed by atoms with Gasteiger partial charge < -0.3 is 10.5 Å². The first kappa shape index (κ1) is 12.4. The van der Waals surface area contributed by atoms with Crippen LogP contribution in [0.3, 0.4) is 0 Å². The lowest BCUT2D eigenvalue weighted by molar-refractivity contribution is 0.103. The Morgan fingerprint density at radius 2 is 2.11 bits per heavy atom. The molecular formula is C13H11ClN2O2. The second-order valence-corrected chi connectivity index (χ2v) is 4.06. The Morgan fingerprint density at radius 1 is 1.33 bits per heavy atom. The lowest BCUT2D eigenvalue weighted by Crippen LogP contribution is -2.04. The van der Waals surface area contributed by atoms with Crippen molar-refractivity contribution in [2.45, 2.75) is 0 Å². The van der Waals surface area contributed by atoms with Crippen LogP contribution in [-0.2, 0) is 0 Å². The van der Waals surface area contributed by atoms with E-state index in [0.29, 0.717) is 27.7 Å². The van der Waals surface area contributed by atoms with Gasteiger partial charge in [0.15, 0.2) is 0 Å². The number of carbonyl (C=O) groups excluding carboxylic acids is 1. The van der Waals surface area contributed by atoms with Gasteiger partial charge in [-0.15, -0.1) is 0 Å². The predicted octanol–water partition coefficient (Wildman–Crippen LogP) is 2.56. The highest BCUT2D eigenvalue weighted by Gasteiger charge is 2.12. The smallest absolute Gasteiger partial charge is 0.211 e. The third-order valence-electron chi connectivity index (χ3n) is 2.43. The number of nitrogens with zero attached hydrogens (tertiary/aromatic N) is 1. The van der Waals surface area contributed by atoms with E-state index in [9.17, 15) is 4.79 Å². The molecule has 0 aliphatic heterocycles. The average molecular weight is 263 g/mol. The van der Waals surface area contributed by atoms with Crippen LogP contribution in [0.1, 0.15) is 16.1 Å². The van der Waals surface area contributed by atoms with E-state index in [4.69, 9.17) is 22.1 Å². The van der Waals surface area contributed by atoms with Crippen LogP contribution < -0.4 is 10.5 Å². The Balaban J connectivity index is 2.37. The molecule has 0 bridgehead atoms. The third-order valence-corrected chi connectivity index (χ3v) is 2.74. The summed E-state index contributed by atoms with van der Waals surface area (Å²) in [6, 6.07) is 8.05. The van der Waals surface area contributed by atoms with Gasteiger partial charge in [0.1, 0.15) is 11.4 Å². The Morgan fingerprint density at radius 3 is 2.72 bits per heavy atom. The summed E-state index contributed by atoms with van der Waals surface area (Å²) in [5, 5.41) is 0.458. The van der Waals surface area contributed by atoms with Crippen LogP contribution in [0.5, 0.6) is 5.75 Å². The third kappa shape index (κ3) is 2.43. The minimum Gasteiger partial charge on any atom is -0.495 e. The van der Waals surface area contributed by atoms with E-state index in [0.717, 1.165) is 0 Å². The molecule has 0 aliphatic carbocycles. The number of nitrogens with two attached hydrogens (primary N) is 1. The number of ketones is 1. The van der Waals surface area contributed by atoms with Gasteiger partial charge in [-0.1, -0.05) is 11.6 Å². The zero-order valence-electron chi connectivity index (χ0n) is 9.68. The molecule has 4 nitrogen and oxygen atoms in total. The van der Waals surface area contributed by atoms with Crippen molar-refractivity contribution in [3.8, 4) is 5.75 Å². The molecule has 2 aromatic rings. The number of rotatable bonds is 3. The number of hydrogen-bond acceptors (Lipinski definition) is 4. The van der Waals surface area contributed by atoms with Crippen molar-refractivity contribution in [1.29, 1.82) is 0 Å². The molecule has 5 heteroatoms. The first-order valence-corrected chi connectivity index (χ1v) is 5.59. The van der Waals surface area contributed by atoms with Crippen LogP contribution >= 0.6 is 11.6 Å². The van der Waals surface area contributed by atoms with E-state index in [-0.39, 0.29) is 5.78 Å². The van der Waals surface area contributed by atoms with Crippen LogP contribution in [0, 0.1) is 0 Å². The predicted molar refractivity (Wildman–Crippen MR) is 70.1 cm³/mol. The molecule has 2 N–H and O–H groups in total. The lowest BCUT2D eigenvalue weighted by atomic mass is 10.1. The van der Waals surface area contributed by atoms with E-state index in [1.807, 2.05) is 0 Å². The Kier molecular flexibility index (Phi) is 3.48. The van der Waals surface area contributed by atoms with Gasteiger partial charge in [-0.25, -0.2) is 0 Å². The molecule has 18 heavy (non-hydrogen) atoms. The van der Waals surface area contributed by atoms with Gasteiger partial charge in [0.25, 0.3) is 0 Å². The van der Waals surface area contributed by atoms with Crippen molar-refractivity contribution in [1.82, 2.24) is 4.98 Å². The number of ether oxygens (including phenoxy) is 1. The summed E-state index contributed by atoms with van der Waals surface area (Å²) in [5.41, 5.74) is 6.83. The molecule has 0 radical (unpaired) electrons. The molecule has 1 heterocycles. The van der Waals surface area contributed by atoms with Gasteiger partial charge in [0, 0.05) is 5.56 Å². The summed E-state index contributed by atoms with van der Waals surface area (Å²) in [7, 11) is 1.50. The largest absolute Gasteiger partial charge is 0.495 e. The van der Waals surface area contributed by atoms with E-state index in [1.165, 1.54) is 13.3 Å². The summed E-state index contributed by atoms with van der Waals surface area (Å²) in [6.45, 7) is 0. The van der Waals surface area contributed by atoms with Gasteiger partial charge in [0.05, 0.1) is 24.0 Å². The molecule has 1 aromatic heterocycles. The quantitative estimate of drug-likeness (QED) is 0.864. The number of nitrogen functional groups attached to an aromatic ring is 1. The van der Waals surface area contributed by atoms with E-state index in [2.05, 4.69) is 4.98 Å². The first-order valence-electron chi connectivity index (χ1n) is 5.21. The number of methoxy groups -OCH3 is 1. The summed E-state index contributed by atoms with van der Waals surface area (Å²) < 4.78 is 5.07. The van der Waals surface area contributed by atoms with Crippen molar-refractivity contribution in [2.24, 2.45) is 0 Å². The summed E-state index contributed by atoms with van der Waals surface area (Å²) in [6.07, 6.45) is 1.44. The number of benzene rings is 1. The summed E-state index contributed by atoms with van der Waals surface area (Å²) >= 11 is 5.90. The van der Waals surface area contributed by atoms with Crippen LogP contribution in [0.2, 0.25) is 5.02 Å². The fourth-order valence-electron chi connectivity index (χ4n) is 1.49. The Hall–Kier alpha value is -2.07. The van der Waals surface area contributed by atoms with E-state index >= 15 is 0 Å². The van der Waals surface area contributed by atoms with E-state index < -0.39 is 0 Å². The highest BCUT2D eigenvalue weighted by molar-refractivity contribution is 6.32. The maximum atomic E-state index is 12.1. The molecular weight excluding hydrogens is 252 g/mol. The van der Waals surface area contributed by atoms with Gasteiger partial charge >= 0.3 is 0 Å². The van der Waals surface area contributed by atoms with Crippen LogP contribution in [0.4, 0.5) is 5.69 Å². The second-order valence-electron chi connectivity index (χ2n) is 3.66. The van der Waals surface area contributed by atoms with Crippen molar-refractivity contribution >= 4 is 23.1 Å². The second kappa shape index (κ2) is 5.06. The maximum Gasteiger partial charge on any atom is 0.211 e. The van der Waals surface area contributed by atoms with Crippen molar-refractivity contribution in [2.75, 3.05) is 12.8 Å². The minimum absolute atomic E-state index is 0.204. The van der Waals surface area contributed by atoms with Crippen molar-refractivity contribution in [3.63, 3.8) is 0 Å². The van der Waals surface area contributed by atoms with Gasteiger partial charge in [-0.2, -0.15) is 0 Å². The molecule has 0 spiro atoms. The Bertz CT molecular complexity index is 582. The molecule has 2 rings (SSSR count). The van der Waals surface area contributed by atoms with Crippen LogP contribution in [0.25, 0.3) is 0 Å². The molecule has 0 amide bonds. The molecule has 0 saturated carbocycles. The summed E-state index contributed by atoms with van der Waals surface area (Å²) in [5.74, 6) is 0.253. The topological polar surface area (TPSA) is 65.2 Å². The Labute approximate surface area is 109 Å². The van der Waals surface area contributed by atoms with Crippen LogP contribution in [-0.4, -0.2) is 17.9 Å². The monoisotopic (exact) mass is 262 g/mol. The van der Waals surface area contributed by atoms with Crippen molar-refractivity contribution in [3.05, 3.63) is 52.8 Å². The molecule has 0 saturated heterocycles. The number of hydrogen-bond donors (Lipinski definition) is 1. The summed E-state index contributed by atoms with van der Waals surface area (Å²) in [4.78, 5) is 16.1. The SMILES string of the molecule is COc1cc(C(=O)c2ccc(N)cn2)ccc1Cl. The van der Waals surface area contributed by atoms with Gasteiger partial charge in [-0.3, -0.25) is 9.78 Å². The molecule has 0 atom stereocenters.